The molecular formula is C22H24F4N4O4. The molecule has 2 aromatic carbocycles. The van der Waals surface area contributed by atoms with E-state index < -0.39 is 29.7 Å². The fourth-order valence-electron chi connectivity index (χ4n) is 3.25. The number of likely N-dealkylation sites (N-methyl/N-ethyl adjacent to an activating group) is 1. The first kappa shape index (κ1) is 25.2. The number of anilines is 2. The van der Waals surface area contributed by atoms with Crippen LogP contribution in [0.2, 0.25) is 0 Å². The third-order valence-electron chi connectivity index (χ3n) is 5.04. The summed E-state index contributed by atoms with van der Waals surface area (Å²) in [6.07, 6.45) is -8.77. The summed E-state index contributed by atoms with van der Waals surface area (Å²) in [5, 5.41) is 7.65. The molecule has 0 fully saturated rings. The van der Waals surface area contributed by atoms with Crippen LogP contribution < -0.4 is 20.7 Å². The predicted molar refractivity (Wildman–Crippen MR) is 116 cm³/mol. The Balaban J connectivity index is 1.56. The van der Waals surface area contributed by atoms with Gasteiger partial charge >= 0.3 is 18.4 Å². The number of carbonyl (C=O) groups excluding carboxylic acids is 2. The zero-order valence-electron chi connectivity index (χ0n) is 18.5. The molecule has 0 saturated heterocycles. The molecule has 2 aromatic rings. The lowest BCUT2D eigenvalue weighted by Gasteiger charge is -2.30. The first-order valence-corrected chi connectivity index (χ1v) is 10.5. The van der Waals surface area contributed by atoms with Crippen molar-refractivity contribution in [2.45, 2.75) is 26.3 Å². The maximum Gasteiger partial charge on any atom is 0.540 e. The van der Waals surface area contributed by atoms with Crippen LogP contribution in [-0.4, -0.2) is 49.3 Å². The van der Waals surface area contributed by atoms with Crippen LogP contribution in [0, 0.1) is 0 Å². The van der Waals surface area contributed by atoms with Crippen molar-refractivity contribution in [3.8, 4) is 5.75 Å². The largest absolute Gasteiger partial charge is 0.540 e. The van der Waals surface area contributed by atoms with Crippen molar-refractivity contribution in [1.29, 1.82) is 0 Å². The van der Waals surface area contributed by atoms with Gasteiger partial charge < -0.3 is 25.6 Å². The van der Waals surface area contributed by atoms with Gasteiger partial charge in [-0.05, 0) is 49.5 Å². The van der Waals surface area contributed by atoms with E-state index in [0.29, 0.717) is 17.8 Å². The molecule has 1 aliphatic rings. The van der Waals surface area contributed by atoms with Crippen LogP contribution in [-0.2, 0) is 10.8 Å². The maximum absolute atomic E-state index is 13.7. The second-order valence-electron chi connectivity index (χ2n) is 7.33. The van der Waals surface area contributed by atoms with Gasteiger partial charge in [-0.1, -0.05) is 13.8 Å². The number of nitrogens with zero attached hydrogens (tertiary/aromatic N) is 1. The minimum absolute atomic E-state index is 0.0612. The summed E-state index contributed by atoms with van der Waals surface area (Å²) < 4.78 is 61.3. The molecule has 0 unspecified atom stereocenters. The number of rotatable bonds is 8. The van der Waals surface area contributed by atoms with E-state index in [1.54, 1.807) is 0 Å². The minimum atomic E-state index is -4.52. The lowest BCUT2D eigenvalue weighted by molar-refractivity contribution is -0.461. The normalized spacial score (nSPS) is 15.7. The molecule has 34 heavy (non-hydrogen) atoms. The molecule has 184 valence electrons. The van der Waals surface area contributed by atoms with E-state index in [9.17, 15) is 27.2 Å². The van der Waals surface area contributed by atoms with Gasteiger partial charge in [0.15, 0.2) is 0 Å². The fraction of sp³-hybridized carbons (Fsp3) is 0.364. The Morgan fingerprint density at radius 1 is 0.941 bits per heavy atom. The van der Waals surface area contributed by atoms with Gasteiger partial charge in [0.05, 0.1) is 5.56 Å². The van der Waals surface area contributed by atoms with Gasteiger partial charge in [-0.25, -0.2) is 9.53 Å². The fourth-order valence-corrected chi connectivity index (χ4v) is 3.25. The van der Waals surface area contributed by atoms with Crippen LogP contribution in [0.25, 0.3) is 0 Å². The van der Waals surface area contributed by atoms with Gasteiger partial charge in [0.25, 0.3) is 5.91 Å². The molecule has 12 heteroatoms. The molecule has 0 saturated carbocycles. The summed E-state index contributed by atoms with van der Waals surface area (Å²) in [6.45, 7) is 7.09. The van der Waals surface area contributed by atoms with E-state index in [0.717, 1.165) is 37.8 Å². The highest BCUT2D eigenvalue weighted by molar-refractivity contribution is 6.00. The third kappa shape index (κ3) is 6.35. The number of benzene rings is 2. The van der Waals surface area contributed by atoms with Gasteiger partial charge in [0, 0.05) is 36.1 Å². The quantitative estimate of drug-likeness (QED) is 0.483. The molecule has 1 aliphatic heterocycles. The van der Waals surface area contributed by atoms with Gasteiger partial charge in [-0.2, -0.15) is 8.78 Å². The smallest absolute Gasteiger partial charge is 0.409 e. The van der Waals surface area contributed by atoms with Gasteiger partial charge in [-0.15, -0.1) is 8.78 Å². The van der Waals surface area contributed by atoms with Crippen molar-refractivity contribution in [2.75, 3.05) is 36.8 Å². The molecule has 1 heterocycles. The highest BCUT2D eigenvalue weighted by Gasteiger charge is 2.54. The second-order valence-corrected chi connectivity index (χ2v) is 7.33. The van der Waals surface area contributed by atoms with Crippen molar-refractivity contribution in [2.24, 2.45) is 0 Å². The number of hydrogen-bond donors (Lipinski definition) is 3. The predicted octanol–water partition coefficient (Wildman–Crippen LogP) is 4.41. The molecule has 3 N–H and O–H groups in total. The number of carbonyl (C=O) groups is 2. The molecular weight excluding hydrogens is 460 g/mol. The average Bonchev–Trinajstić information content (AvgIpc) is 2.75. The summed E-state index contributed by atoms with van der Waals surface area (Å²) in [5.74, 6) is -1.08. The van der Waals surface area contributed by atoms with E-state index in [4.69, 9.17) is 0 Å². The molecule has 0 spiro atoms. The summed E-state index contributed by atoms with van der Waals surface area (Å²) in [4.78, 5) is 26.6. The summed E-state index contributed by atoms with van der Waals surface area (Å²) in [6, 6.07) is 8.05. The van der Waals surface area contributed by atoms with Crippen LogP contribution in [0.15, 0.2) is 42.5 Å². The Bertz CT molecular complexity index is 1030. The summed E-state index contributed by atoms with van der Waals surface area (Å²) in [5.41, 5.74) is -0.205. The summed E-state index contributed by atoms with van der Waals surface area (Å²) >= 11 is 0. The summed E-state index contributed by atoms with van der Waals surface area (Å²) in [7, 11) is 0. The molecule has 0 aliphatic carbocycles. The molecule has 3 amide bonds. The number of halogens is 4. The van der Waals surface area contributed by atoms with Crippen LogP contribution in [0.1, 0.15) is 29.8 Å². The Labute approximate surface area is 193 Å². The monoisotopic (exact) mass is 484 g/mol. The molecule has 0 atom stereocenters. The molecule has 8 nitrogen and oxygen atoms in total. The van der Waals surface area contributed by atoms with Crippen LogP contribution in [0.5, 0.6) is 5.75 Å². The topological polar surface area (TPSA) is 91.9 Å². The van der Waals surface area contributed by atoms with Crippen LogP contribution in [0.4, 0.5) is 33.7 Å². The number of nitrogens with one attached hydrogen (secondary N) is 3. The molecule has 0 aromatic heterocycles. The number of ether oxygens (including phenoxy) is 2. The zero-order chi connectivity index (χ0) is 24.9. The van der Waals surface area contributed by atoms with Crippen molar-refractivity contribution < 1.29 is 36.6 Å². The number of fused-ring (bicyclic) bond motifs is 1. The van der Waals surface area contributed by atoms with Crippen LogP contribution >= 0.6 is 0 Å². The SMILES string of the molecule is CCN(CC)CCNC(=O)c1ccc(NC(=O)Nc2ccc3c(c2)OC(F)(F)OC3(F)F)cc1. The number of amides is 3. The van der Waals surface area contributed by atoms with Crippen molar-refractivity contribution in [3.63, 3.8) is 0 Å². The van der Waals surface area contributed by atoms with Gasteiger partial charge in [0.2, 0.25) is 0 Å². The average molecular weight is 484 g/mol. The Morgan fingerprint density at radius 3 is 2.21 bits per heavy atom. The Kier molecular flexibility index (Phi) is 7.62. The highest BCUT2D eigenvalue weighted by Crippen LogP contribution is 2.46. The van der Waals surface area contributed by atoms with Gasteiger partial charge in [0.1, 0.15) is 5.75 Å². The number of alkyl halides is 4. The first-order valence-electron chi connectivity index (χ1n) is 10.5. The molecule has 0 bridgehead atoms. The third-order valence-corrected chi connectivity index (χ3v) is 5.04. The first-order chi connectivity index (χ1) is 16.0. The van der Waals surface area contributed by atoms with Crippen molar-refractivity contribution >= 4 is 23.3 Å². The van der Waals surface area contributed by atoms with Gasteiger partial charge in [-0.3, -0.25) is 4.79 Å². The van der Waals surface area contributed by atoms with E-state index in [-0.39, 0.29) is 11.6 Å². The lowest BCUT2D eigenvalue weighted by Crippen LogP contribution is -2.41. The molecule has 3 rings (SSSR count). The maximum atomic E-state index is 13.7. The lowest BCUT2D eigenvalue weighted by atomic mass is 10.1. The zero-order valence-corrected chi connectivity index (χ0v) is 18.5. The Hall–Kier alpha value is -3.38. The van der Waals surface area contributed by atoms with E-state index in [2.05, 4.69) is 30.3 Å². The highest BCUT2D eigenvalue weighted by atomic mass is 19.3. The van der Waals surface area contributed by atoms with Crippen molar-refractivity contribution in [1.82, 2.24) is 10.2 Å². The molecule has 0 radical (unpaired) electrons. The second kappa shape index (κ2) is 10.3. The van der Waals surface area contributed by atoms with E-state index in [1.165, 1.54) is 24.3 Å². The number of hydrogen-bond acceptors (Lipinski definition) is 5. The van der Waals surface area contributed by atoms with Crippen LogP contribution in [0.3, 0.4) is 0 Å². The minimum Gasteiger partial charge on any atom is -0.409 e. The van der Waals surface area contributed by atoms with Crippen molar-refractivity contribution in [3.05, 3.63) is 53.6 Å². The standard InChI is InChI=1S/C22H24F4N4O4/c1-3-30(4-2)12-11-27-19(31)14-5-7-15(8-6-14)28-20(32)29-16-9-10-17-18(13-16)33-22(25,26)34-21(17,23)24/h5-10,13H,3-4,11-12H2,1-2H3,(H,27,31)(H2,28,29,32). The Morgan fingerprint density at radius 2 is 1.56 bits per heavy atom. The number of urea groups is 1. The van der Waals surface area contributed by atoms with E-state index in [1.807, 2.05) is 13.8 Å². The van der Waals surface area contributed by atoms with E-state index >= 15 is 0 Å².